The number of carbonyl (C=O) groups is 1. The van der Waals surface area contributed by atoms with Gasteiger partial charge >= 0.3 is 5.97 Å². The summed E-state index contributed by atoms with van der Waals surface area (Å²) in [5.41, 5.74) is -0.109. The Labute approximate surface area is 126 Å². The second kappa shape index (κ2) is 5.48. The molecule has 0 aliphatic heterocycles. The molecule has 0 aliphatic carbocycles. The lowest BCUT2D eigenvalue weighted by molar-refractivity contribution is -0.131. The van der Waals surface area contributed by atoms with Gasteiger partial charge in [0.1, 0.15) is 11.5 Å². The maximum Gasteiger partial charge on any atom is 0.308 e. The van der Waals surface area contributed by atoms with Crippen LogP contribution in [0.3, 0.4) is 0 Å². The quantitative estimate of drug-likeness (QED) is 0.537. The van der Waals surface area contributed by atoms with Crippen molar-refractivity contribution in [2.45, 2.75) is 6.92 Å². The zero-order valence-electron chi connectivity index (χ0n) is 12.3. The number of hydrogen-bond donors (Lipinski definition) is 0. The van der Waals surface area contributed by atoms with Crippen LogP contribution < -0.4 is 14.9 Å². The van der Waals surface area contributed by atoms with Crippen molar-refractivity contribution in [2.75, 3.05) is 7.11 Å². The topological polar surface area (TPSA) is 52.6 Å². The molecule has 0 N–H and O–H groups in total. The average molecular weight is 294 g/mol. The van der Waals surface area contributed by atoms with E-state index >= 15 is 0 Å². The van der Waals surface area contributed by atoms with Crippen molar-refractivity contribution in [1.82, 2.24) is 0 Å². The van der Waals surface area contributed by atoms with Crippen LogP contribution in [0.4, 0.5) is 0 Å². The molecule has 0 aromatic heterocycles. The fourth-order valence-corrected chi connectivity index (χ4v) is 2.53. The first-order chi connectivity index (χ1) is 10.6. The summed E-state index contributed by atoms with van der Waals surface area (Å²) in [4.78, 5) is 24.0. The molecule has 0 amide bonds. The van der Waals surface area contributed by atoms with Crippen LogP contribution in [0.1, 0.15) is 6.92 Å². The molecular weight excluding hydrogens is 280 g/mol. The Kier molecular flexibility index (Phi) is 3.51. The highest BCUT2D eigenvalue weighted by atomic mass is 16.5. The Morgan fingerprint density at radius 2 is 1.73 bits per heavy atom. The van der Waals surface area contributed by atoms with Gasteiger partial charge < -0.3 is 9.47 Å². The second-order valence-electron chi connectivity index (χ2n) is 4.93. The lowest BCUT2D eigenvalue weighted by atomic mass is 10.1. The highest BCUT2D eigenvalue weighted by Crippen LogP contribution is 2.29. The summed E-state index contributed by atoms with van der Waals surface area (Å²) in [6.07, 6.45) is 0. The number of esters is 1. The summed E-state index contributed by atoms with van der Waals surface area (Å²) in [5.74, 6) is 0.320. The molecule has 3 aromatic carbocycles. The summed E-state index contributed by atoms with van der Waals surface area (Å²) >= 11 is 0. The predicted molar refractivity (Wildman–Crippen MR) is 85.6 cm³/mol. The van der Waals surface area contributed by atoms with Crippen LogP contribution >= 0.6 is 0 Å². The second-order valence-corrected chi connectivity index (χ2v) is 4.93. The minimum Gasteiger partial charge on any atom is -0.496 e. The molecule has 3 rings (SSSR count). The first-order valence-corrected chi connectivity index (χ1v) is 6.82. The van der Waals surface area contributed by atoms with Crippen LogP contribution in [0.2, 0.25) is 0 Å². The Balaban J connectivity index is 2.45. The van der Waals surface area contributed by atoms with E-state index in [1.165, 1.54) is 14.0 Å². The lowest BCUT2D eigenvalue weighted by Crippen LogP contribution is -2.04. The minimum absolute atomic E-state index is 0.109. The number of fused-ring (bicyclic) bond motifs is 2. The third kappa shape index (κ3) is 2.39. The third-order valence-electron chi connectivity index (χ3n) is 3.46. The van der Waals surface area contributed by atoms with Gasteiger partial charge in [0.15, 0.2) is 5.43 Å². The molecule has 0 saturated heterocycles. The van der Waals surface area contributed by atoms with Crippen molar-refractivity contribution in [2.24, 2.45) is 0 Å². The van der Waals surface area contributed by atoms with Gasteiger partial charge in [-0.15, -0.1) is 0 Å². The number of carbonyl (C=O) groups excluding carboxylic acids is 1. The van der Waals surface area contributed by atoms with Crippen molar-refractivity contribution in [3.05, 3.63) is 58.8 Å². The molecule has 0 spiro atoms. The van der Waals surface area contributed by atoms with E-state index < -0.39 is 5.97 Å². The minimum atomic E-state index is -0.422. The van der Waals surface area contributed by atoms with E-state index in [1.54, 1.807) is 18.2 Å². The SMILES string of the molecule is COc1cc(OC(C)=O)cc2ccc3ccccc3c(=O)c12. The van der Waals surface area contributed by atoms with E-state index in [2.05, 4.69) is 0 Å². The lowest BCUT2D eigenvalue weighted by Gasteiger charge is -2.07. The van der Waals surface area contributed by atoms with Crippen molar-refractivity contribution < 1.29 is 14.3 Å². The first-order valence-electron chi connectivity index (χ1n) is 6.82. The van der Waals surface area contributed by atoms with E-state index in [9.17, 15) is 9.59 Å². The highest BCUT2D eigenvalue weighted by molar-refractivity contribution is 5.97. The van der Waals surface area contributed by atoms with E-state index in [0.717, 1.165) is 5.39 Å². The zero-order chi connectivity index (χ0) is 15.7. The molecule has 0 bridgehead atoms. The van der Waals surface area contributed by atoms with Crippen LogP contribution in [0.5, 0.6) is 11.5 Å². The van der Waals surface area contributed by atoms with Crippen LogP contribution in [0.15, 0.2) is 53.3 Å². The number of methoxy groups -OCH3 is 1. The molecule has 4 nitrogen and oxygen atoms in total. The monoisotopic (exact) mass is 294 g/mol. The molecule has 0 fully saturated rings. The molecule has 0 atom stereocenters. The van der Waals surface area contributed by atoms with Crippen LogP contribution in [0, 0.1) is 0 Å². The fraction of sp³-hybridized carbons (Fsp3) is 0.111. The molecule has 0 unspecified atom stereocenters. The first kappa shape index (κ1) is 14.1. The number of ether oxygens (including phenoxy) is 2. The molecule has 22 heavy (non-hydrogen) atoms. The van der Waals surface area contributed by atoms with E-state index in [4.69, 9.17) is 9.47 Å². The smallest absolute Gasteiger partial charge is 0.308 e. The van der Waals surface area contributed by atoms with Gasteiger partial charge in [0.05, 0.1) is 12.5 Å². The molecule has 0 aliphatic rings. The summed E-state index contributed by atoms with van der Waals surface area (Å²) in [6.45, 7) is 1.33. The molecule has 4 heteroatoms. The van der Waals surface area contributed by atoms with Gasteiger partial charge in [0.25, 0.3) is 0 Å². The highest BCUT2D eigenvalue weighted by Gasteiger charge is 2.11. The van der Waals surface area contributed by atoms with Gasteiger partial charge in [-0.3, -0.25) is 9.59 Å². The van der Waals surface area contributed by atoms with Crippen molar-refractivity contribution in [3.8, 4) is 11.5 Å². The Bertz CT molecular complexity index is 944. The molecule has 0 radical (unpaired) electrons. The zero-order valence-corrected chi connectivity index (χ0v) is 12.3. The van der Waals surface area contributed by atoms with Gasteiger partial charge in [-0.25, -0.2) is 0 Å². The largest absolute Gasteiger partial charge is 0.496 e. The predicted octanol–water partition coefficient (Wildman–Crippen LogP) is 3.29. The molecule has 110 valence electrons. The van der Waals surface area contributed by atoms with Crippen LogP contribution in [-0.2, 0) is 4.79 Å². The van der Waals surface area contributed by atoms with Crippen molar-refractivity contribution >= 4 is 27.5 Å². The van der Waals surface area contributed by atoms with Gasteiger partial charge in [0.2, 0.25) is 0 Å². The van der Waals surface area contributed by atoms with Gasteiger partial charge in [-0.1, -0.05) is 36.4 Å². The molecule has 3 aromatic rings. The summed E-state index contributed by atoms with van der Waals surface area (Å²) < 4.78 is 10.4. The molecule has 0 saturated carbocycles. The van der Waals surface area contributed by atoms with E-state index in [0.29, 0.717) is 27.7 Å². The Morgan fingerprint density at radius 1 is 1.00 bits per heavy atom. The van der Waals surface area contributed by atoms with Gasteiger partial charge in [0, 0.05) is 18.4 Å². The van der Waals surface area contributed by atoms with Crippen LogP contribution in [0.25, 0.3) is 21.5 Å². The van der Waals surface area contributed by atoms with Crippen molar-refractivity contribution in [1.29, 1.82) is 0 Å². The molecular formula is C18H14O4. The van der Waals surface area contributed by atoms with Crippen LogP contribution in [-0.4, -0.2) is 13.1 Å². The molecule has 0 heterocycles. The van der Waals surface area contributed by atoms with E-state index in [1.807, 2.05) is 30.3 Å². The Morgan fingerprint density at radius 3 is 2.45 bits per heavy atom. The Hall–Kier alpha value is -2.88. The third-order valence-corrected chi connectivity index (χ3v) is 3.46. The number of benzene rings is 2. The maximum absolute atomic E-state index is 12.8. The van der Waals surface area contributed by atoms with Gasteiger partial charge in [-0.2, -0.15) is 0 Å². The fourth-order valence-electron chi connectivity index (χ4n) is 2.53. The number of rotatable bonds is 2. The number of hydrogen-bond acceptors (Lipinski definition) is 4. The summed E-state index contributed by atoms with van der Waals surface area (Å²) in [6, 6.07) is 14.3. The van der Waals surface area contributed by atoms with Gasteiger partial charge in [-0.05, 0) is 16.8 Å². The van der Waals surface area contributed by atoms with E-state index in [-0.39, 0.29) is 5.43 Å². The summed E-state index contributed by atoms with van der Waals surface area (Å²) in [5, 5.41) is 2.60. The normalized spacial score (nSPS) is 10.6. The maximum atomic E-state index is 12.8. The standard InChI is InChI=1S/C18H14O4/c1-11(19)22-14-9-13-8-7-12-5-3-4-6-15(12)18(20)17(13)16(10-14)21-2/h3-10H,1-2H3. The summed E-state index contributed by atoms with van der Waals surface area (Å²) in [7, 11) is 1.49. The van der Waals surface area contributed by atoms with Crippen molar-refractivity contribution in [3.63, 3.8) is 0 Å². The average Bonchev–Trinajstić information content (AvgIpc) is 2.64.